The molecule has 1 aliphatic heterocycles. The minimum Gasteiger partial charge on any atom is -0.493 e. The van der Waals surface area contributed by atoms with Crippen molar-refractivity contribution < 1.29 is 18.8 Å². The van der Waals surface area contributed by atoms with E-state index in [4.69, 9.17) is 14.0 Å². The highest BCUT2D eigenvalue weighted by Gasteiger charge is 2.26. The molecule has 1 fully saturated rings. The Balaban J connectivity index is 1.29. The highest BCUT2D eigenvalue weighted by molar-refractivity contribution is 5.93. The summed E-state index contributed by atoms with van der Waals surface area (Å²) in [5.74, 6) is 2.40. The summed E-state index contributed by atoms with van der Waals surface area (Å²) in [7, 11) is 3.16. The summed E-state index contributed by atoms with van der Waals surface area (Å²) in [6.07, 6.45) is 1.55. The Kier molecular flexibility index (Phi) is 6.70. The zero-order valence-corrected chi connectivity index (χ0v) is 18.6. The first-order valence-electron chi connectivity index (χ1n) is 10.7. The molecule has 1 aromatic heterocycles. The number of carbonyl (C=O) groups excluding carboxylic acids is 1. The van der Waals surface area contributed by atoms with E-state index in [0.29, 0.717) is 35.4 Å². The predicted octanol–water partition coefficient (Wildman–Crippen LogP) is 3.91. The monoisotopic (exact) mass is 436 g/mol. The van der Waals surface area contributed by atoms with Crippen LogP contribution in [0.15, 0.2) is 47.0 Å². The van der Waals surface area contributed by atoms with Crippen molar-refractivity contribution in [2.75, 3.05) is 32.6 Å². The topological polar surface area (TPSA) is 89.7 Å². The highest BCUT2D eigenvalue weighted by Crippen LogP contribution is 2.30. The number of benzene rings is 2. The van der Waals surface area contributed by atoms with Gasteiger partial charge in [0.05, 0.1) is 20.8 Å². The Morgan fingerprint density at radius 3 is 2.62 bits per heavy atom. The number of piperidine rings is 1. The molecule has 2 heterocycles. The molecule has 0 bridgehead atoms. The number of hydrogen-bond donors (Lipinski definition) is 1. The van der Waals surface area contributed by atoms with Gasteiger partial charge >= 0.3 is 0 Å². The number of anilines is 1. The van der Waals surface area contributed by atoms with E-state index in [1.165, 1.54) is 0 Å². The lowest BCUT2D eigenvalue weighted by molar-refractivity contribution is -0.121. The molecule has 1 saturated heterocycles. The second-order valence-electron chi connectivity index (χ2n) is 7.99. The maximum absolute atomic E-state index is 12.7. The molecule has 8 nitrogen and oxygen atoms in total. The Morgan fingerprint density at radius 1 is 1.12 bits per heavy atom. The van der Waals surface area contributed by atoms with Crippen LogP contribution in [-0.2, 0) is 11.3 Å². The number of carbonyl (C=O) groups is 1. The van der Waals surface area contributed by atoms with Crippen molar-refractivity contribution in [1.82, 2.24) is 15.0 Å². The van der Waals surface area contributed by atoms with Crippen molar-refractivity contribution in [1.29, 1.82) is 0 Å². The molecule has 1 amide bonds. The van der Waals surface area contributed by atoms with Gasteiger partial charge in [0.15, 0.2) is 11.5 Å². The molecular weight excluding hydrogens is 408 g/mol. The van der Waals surface area contributed by atoms with Gasteiger partial charge in [0.25, 0.3) is 0 Å². The van der Waals surface area contributed by atoms with Crippen LogP contribution in [0.5, 0.6) is 11.5 Å². The fourth-order valence-corrected chi connectivity index (χ4v) is 3.92. The number of likely N-dealkylation sites (tertiary alicyclic amines) is 1. The molecule has 1 N–H and O–H groups in total. The molecule has 0 aliphatic carbocycles. The third-order valence-corrected chi connectivity index (χ3v) is 5.71. The van der Waals surface area contributed by atoms with Crippen LogP contribution >= 0.6 is 0 Å². The number of aromatic nitrogens is 2. The number of nitrogens with one attached hydrogen (secondary N) is 1. The summed E-state index contributed by atoms with van der Waals surface area (Å²) in [4.78, 5) is 19.5. The zero-order chi connectivity index (χ0) is 22.5. The molecular formula is C24H28N4O4. The second-order valence-corrected chi connectivity index (χ2v) is 7.99. The number of hydrogen-bond acceptors (Lipinski definition) is 7. The van der Waals surface area contributed by atoms with Crippen LogP contribution in [0.3, 0.4) is 0 Å². The SMILES string of the molecule is COc1ccc(NC(=O)C2CCN(Cc3nc(-c4cccc(C)c4)no3)CC2)cc1OC. The summed E-state index contributed by atoms with van der Waals surface area (Å²) < 4.78 is 16.0. The summed E-state index contributed by atoms with van der Waals surface area (Å²) in [5.41, 5.74) is 2.80. The van der Waals surface area contributed by atoms with Gasteiger partial charge in [0.1, 0.15) is 0 Å². The number of aryl methyl sites for hydroxylation is 1. The molecule has 0 unspecified atom stereocenters. The van der Waals surface area contributed by atoms with Crippen molar-refractivity contribution in [3.63, 3.8) is 0 Å². The molecule has 2 aromatic carbocycles. The lowest BCUT2D eigenvalue weighted by Crippen LogP contribution is -2.37. The average molecular weight is 437 g/mol. The van der Waals surface area contributed by atoms with E-state index in [1.54, 1.807) is 26.4 Å². The molecule has 0 atom stereocenters. The summed E-state index contributed by atoms with van der Waals surface area (Å²) in [6.45, 7) is 4.22. The minimum atomic E-state index is -0.0371. The minimum absolute atomic E-state index is 0.0244. The van der Waals surface area contributed by atoms with E-state index in [0.717, 1.165) is 37.1 Å². The number of rotatable bonds is 7. The first-order chi connectivity index (χ1) is 15.6. The first kappa shape index (κ1) is 21.8. The highest BCUT2D eigenvalue weighted by atomic mass is 16.5. The van der Waals surface area contributed by atoms with E-state index >= 15 is 0 Å². The van der Waals surface area contributed by atoms with Gasteiger partial charge in [-0.15, -0.1) is 0 Å². The van der Waals surface area contributed by atoms with E-state index in [9.17, 15) is 4.79 Å². The standard InChI is InChI=1S/C24H28N4O4/c1-16-5-4-6-18(13-16)23-26-22(32-27-23)15-28-11-9-17(10-12-28)24(29)25-19-7-8-20(30-2)21(14-19)31-3/h4-8,13-14,17H,9-12,15H2,1-3H3,(H,25,29). The van der Waals surface area contributed by atoms with Gasteiger partial charge in [0, 0.05) is 23.2 Å². The predicted molar refractivity (Wildman–Crippen MR) is 121 cm³/mol. The van der Waals surface area contributed by atoms with Crippen molar-refractivity contribution in [3.05, 3.63) is 53.9 Å². The van der Waals surface area contributed by atoms with Crippen molar-refractivity contribution >= 4 is 11.6 Å². The van der Waals surface area contributed by atoms with Crippen LogP contribution in [-0.4, -0.2) is 48.3 Å². The van der Waals surface area contributed by atoms with Gasteiger partial charge in [-0.25, -0.2) is 0 Å². The number of nitrogens with zero attached hydrogens (tertiary/aromatic N) is 3. The van der Waals surface area contributed by atoms with Crippen molar-refractivity contribution in [2.24, 2.45) is 5.92 Å². The van der Waals surface area contributed by atoms with Crippen LogP contribution in [0.25, 0.3) is 11.4 Å². The lowest BCUT2D eigenvalue weighted by Gasteiger charge is -2.30. The quantitative estimate of drug-likeness (QED) is 0.600. The number of amides is 1. The van der Waals surface area contributed by atoms with Gasteiger partial charge in [-0.3, -0.25) is 9.69 Å². The third-order valence-electron chi connectivity index (χ3n) is 5.71. The molecule has 0 radical (unpaired) electrons. The average Bonchev–Trinajstić information content (AvgIpc) is 3.28. The fourth-order valence-electron chi connectivity index (χ4n) is 3.92. The number of ether oxygens (including phenoxy) is 2. The van der Waals surface area contributed by atoms with Gasteiger partial charge < -0.3 is 19.3 Å². The molecule has 0 saturated carbocycles. The first-order valence-corrected chi connectivity index (χ1v) is 10.7. The Morgan fingerprint density at radius 2 is 1.91 bits per heavy atom. The van der Waals surface area contributed by atoms with Crippen molar-refractivity contribution in [2.45, 2.75) is 26.3 Å². The van der Waals surface area contributed by atoms with Gasteiger partial charge in [-0.1, -0.05) is 28.9 Å². The molecule has 32 heavy (non-hydrogen) atoms. The van der Waals surface area contributed by atoms with Crippen LogP contribution in [0.2, 0.25) is 0 Å². The van der Waals surface area contributed by atoms with E-state index < -0.39 is 0 Å². The molecule has 0 spiro atoms. The molecule has 3 aromatic rings. The molecule has 8 heteroatoms. The van der Waals surface area contributed by atoms with E-state index in [-0.39, 0.29) is 11.8 Å². The van der Waals surface area contributed by atoms with E-state index in [2.05, 4.69) is 20.4 Å². The van der Waals surface area contributed by atoms with Crippen LogP contribution < -0.4 is 14.8 Å². The molecule has 4 rings (SSSR count). The lowest BCUT2D eigenvalue weighted by atomic mass is 9.96. The van der Waals surface area contributed by atoms with Gasteiger partial charge in [-0.05, 0) is 51.1 Å². The Hall–Kier alpha value is -3.39. The summed E-state index contributed by atoms with van der Waals surface area (Å²) in [6, 6.07) is 13.4. The molecule has 1 aliphatic rings. The number of methoxy groups -OCH3 is 2. The largest absolute Gasteiger partial charge is 0.493 e. The van der Waals surface area contributed by atoms with Crippen molar-refractivity contribution in [3.8, 4) is 22.9 Å². The smallest absolute Gasteiger partial charge is 0.241 e. The van der Waals surface area contributed by atoms with E-state index in [1.807, 2.05) is 37.3 Å². The maximum Gasteiger partial charge on any atom is 0.241 e. The third kappa shape index (κ3) is 5.08. The normalized spacial score (nSPS) is 14.8. The maximum atomic E-state index is 12.7. The Bertz CT molecular complexity index is 1070. The molecule has 168 valence electrons. The summed E-state index contributed by atoms with van der Waals surface area (Å²) >= 11 is 0. The summed E-state index contributed by atoms with van der Waals surface area (Å²) in [5, 5.41) is 7.11. The van der Waals surface area contributed by atoms with Crippen LogP contribution in [0.4, 0.5) is 5.69 Å². The van der Waals surface area contributed by atoms with Crippen LogP contribution in [0.1, 0.15) is 24.3 Å². The van der Waals surface area contributed by atoms with Gasteiger partial charge in [-0.2, -0.15) is 4.98 Å². The van der Waals surface area contributed by atoms with Gasteiger partial charge in [0.2, 0.25) is 17.6 Å². The Labute approximate surface area is 187 Å². The second kappa shape index (κ2) is 9.82. The van der Waals surface area contributed by atoms with Crippen LogP contribution in [0, 0.1) is 12.8 Å². The fraction of sp³-hybridized carbons (Fsp3) is 0.375. The zero-order valence-electron chi connectivity index (χ0n) is 18.6.